The highest BCUT2D eigenvalue weighted by Gasteiger charge is 2.67. The summed E-state index contributed by atoms with van der Waals surface area (Å²) in [6.45, 7) is 20.8. The summed E-state index contributed by atoms with van der Waals surface area (Å²) in [5, 5.41) is 4.06. The second-order valence-electron chi connectivity index (χ2n) is 16.5. The molecular formula is C39H56ClNO2. The number of fused-ring (bicyclic) bond motifs is 7. The molecule has 0 bridgehead atoms. The van der Waals surface area contributed by atoms with Gasteiger partial charge in [-0.2, -0.15) is 0 Å². The fourth-order valence-electron chi connectivity index (χ4n) is 12.7. The lowest BCUT2D eigenvalue weighted by molar-refractivity contribution is -0.187. The van der Waals surface area contributed by atoms with Crippen molar-refractivity contribution in [3.05, 3.63) is 53.6 Å². The number of methoxy groups -OCH3 is 1. The van der Waals surface area contributed by atoms with Crippen LogP contribution < -0.4 is 5.32 Å². The third kappa shape index (κ3) is 4.64. The van der Waals surface area contributed by atoms with Gasteiger partial charge in [0.1, 0.15) is 0 Å². The second-order valence-corrected chi connectivity index (χ2v) is 16.9. The van der Waals surface area contributed by atoms with Gasteiger partial charge in [-0.1, -0.05) is 65.0 Å². The van der Waals surface area contributed by atoms with Crippen LogP contribution in [0.4, 0.5) is 0 Å². The Kier molecular flexibility index (Phi) is 8.06. The third-order valence-electron chi connectivity index (χ3n) is 14.3. The van der Waals surface area contributed by atoms with Gasteiger partial charge < -0.3 is 10.1 Å². The molecule has 3 nitrogen and oxygen atoms in total. The van der Waals surface area contributed by atoms with Crippen molar-refractivity contribution < 1.29 is 9.53 Å². The van der Waals surface area contributed by atoms with Crippen LogP contribution in [0.3, 0.4) is 0 Å². The predicted octanol–water partition coefficient (Wildman–Crippen LogP) is 9.56. The number of rotatable bonds is 6. The SMILES string of the molecule is C=C(C)C1CC[C@]2(NCCCl)CC[C@@]3(C)C4C(CC[C@@H]3C12)[C@@]1(C)CC=C(c2ccc(C(=O)OC)cc2)C(C)(C)C1C[C@@H]4C. The van der Waals surface area contributed by atoms with Crippen LogP contribution in [-0.4, -0.2) is 31.0 Å². The van der Waals surface area contributed by atoms with E-state index >= 15 is 0 Å². The van der Waals surface area contributed by atoms with E-state index in [9.17, 15) is 4.79 Å². The number of benzene rings is 1. The van der Waals surface area contributed by atoms with Gasteiger partial charge in [0.25, 0.3) is 0 Å². The zero-order valence-corrected chi connectivity index (χ0v) is 28.7. The van der Waals surface area contributed by atoms with Gasteiger partial charge in [-0.05, 0) is 139 Å². The van der Waals surface area contributed by atoms with Gasteiger partial charge in [-0.3, -0.25) is 0 Å². The van der Waals surface area contributed by atoms with Crippen molar-refractivity contribution in [1.29, 1.82) is 0 Å². The first-order valence-corrected chi connectivity index (χ1v) is 17.7. The normalized spacial score (nSPS) is 43.0. The third-order valence-corrected chi connectivity index (χ3v) is 14.5. The standard InChI is InChI=1S/C39H56ClNO2/c1-24(2)28-15-18-39(41-22-21-40)20-19-38(7)31(34(28)39)14-13-30-33(38)25(3)23-32-36(4,5)29(16-17-37(30,32)6)26-9-11-27(12-10-26)35(42)43-8/h9-12,16,25,28,30-34,41H,1,13-15,17-23H2,2-8H3/t25-,28?,30?,31+,32?,33?,34?,37+,38+,39-/m0/s1. The average molecular weight is 606 g/mol. The smallest absolute Gasteiger partial charge is 0.337 e. The van der Waals surface area contributed by atoms with Crippen LogP contribution in [0.5, 0.6) is 0 Å². The van der Waals surface area contributed by atoms with Gasteiger partial charge in [-0.25, -0.2) is 4.79 Å². The van der Waals surface area contributed by atoms with Gasteiger partial charge in [0.15, 0.2) is 0 Å². The Morgan fingerprint density at radius 3 is 2.30 bits per heavy atom. The molecule has 0 saturated heterocycles. The van der Waals surface area contributed by atoms with Gasteiger partial charge in [0, 0.05) is 18.0 Å². The predicted molar refractivity (Wildman–Crippen MR) is 179 cm³/mol. The molecule has 236 valence electrons. The molecule has 43 heavy (non-hydrogen) atoms. The number of halogens is 1. The number of carbonyl (C=O) groups is 1. The second kappa shape index (κ2) is 11.0. The lowest BCUT2D eigenvalue weighted by atomic mass is 9.36. The molecule has 1 aromatic rings. The maximum absolute atomic E-state index is 12.1. The Balaban J connectivity index is 1.33. The Morgan fingerprint density at radius 1 is 1.00 bits per heavy atom. The van der Waals surface area contributed by atoms with E-state index in [1.807, 2.05) is 12.1 Å². The molecule has 4 fully saturated rings. The Hall–Kier alpha value is -1.58. The van der Waals surface area contributed by atoms with Crippen LogP contribution >= 0.6 is 11.6 Å². The van der Waals surface area contributed by atoms with Gasteiger partial charge in [-0.15, -0.1) is 11.6 Å². The molecule has 0 aliphatic heterocycles. The van der Waals surface area contributed by atoms with Crippen molar-refractivity contribution in [2.45, 2.75) is 98.4 Å². The minimum absolute atomic E-state index is 0.0699. The largest absolute Gasteiger partial charge is 0.465 e. The molecule has 0 spiro atoms. The summed E-state index contributed by atoms with van der Waals surface area (Å²) in [6, 6.07) is 8.13. The van der Waals surface area contributed by atoms with E-state index in [1.165, 1.54) is 68.8 Å². The summed E-state index contributed by atoms with van der Waals surface area (Å²) in [5.74, 6) is 5.38. The molecule has 0 aromatic heterocycles. The van der Waals surface area contributed by atoms with Crippen molar-refractivity contribution in [3.63, 3.8) is 0 Å². The number of hydrogen-bond acceptors (Lipinski definition) is 3. The van der Waals surface area contributed by atoms with Gasteiger partial charge >= 0.3 is 5.97 Å². The minimum atomic E-state index is -0.269. The van der Waals surface area contributed by atoms with Gasteiger partial charge in [0.05, 0.1) is 12.7 Å². The van der Waals surface area contributed by atoms with Crippen LogP contribution in [0.25, 0.3) is 5.57 Å². The minimum Gasteiger partial charge on any atom is -0.465 e. The number of carbonyl (C=O) groups excluding carboxylic acids is 1. The molecule has 5 unspecified atom stereocenters. The number of esters is 1. The van der Waals surface area contributed by atoms with E-state index in [0.717, 1.165) is 30.7 Å². The summed E-state index contributed by atoms with van der Waals surface area (Å²) < 4.78 is 4.95. The zero-order valence-electron chi connectivity index (χ0n) is 27.9. The fraction of sp³-hybridized carbons (Fsp3) is 0.718. The molecule has 10 atom stereocenters. The van der Waals surface area contributed by atoms with Crippen LogP contribution in [0, 0.1) is 57.7 Å². The number of allylic oxidation sites excluding steroid dienone is 3. The highest BCUT2D eigenvalue weighted by molar-refractivity contribution is 6.18. The summed E-state index contributed by atoms with van der Waals surface area (Å²) in [6.07, 6.45) is 13.0. The molecule has 4 heteroatoms. The van der Waals surface area contributed by atoms with Crippen LogP contribution in [0.2, 0.25) is 0 Å². The first-order chi connectivity index (χ1) is 20.3. The number of hydrogen-bond donors (Lipinski definition) is 1. The summed E-state index contributed by atoms with van der Waals surface area (Å²) >= 11 is 6.26. The number of ether oxygens (including phenoxy) is 1. The average Bonchev–Trinajstić information content (AvgIpc) is 3.37. The van der Waals surface area contributed by atoms with E-state index in [-0.39, 0.29) is 16.9 Å². The van der Waals surface area contributed by atoms with Crippen LogP contribution in [0.15, 0.2) is 42.5 Å². The number of alkyl halides is 1. The fourth-order valence-corrected chi connectivity index (χ4v) is 12.8. The molecule has 5 aliphatic carbocycles. The lowest BCUT2D eigenvalue weighted by Gasteiger charge is -2.69. The monoisotopic (exact) mass is 605 g/mol. The highest BCUT2D eigenvalue weighted by Crippen LogP contribution is 2.73. The van der Waals surface area contributed by atoms with E-state index < -0.39 is 0 Å². The topological polar surface area (TPSA) is 38.3 Å². The molecule has 1 aromatic carbocycles. The molecule has 6 rings (SSSR count). The van der Waals surface area contributed by atoms with Crippen molar-refractivity contribution in [2.24, 2.45) is 57.7 Å². The van der Waals surface area contributed by atoms with Crippen molar-refractivity contribution in [3.8, 4) is 0 Å². The van der Waals surface area contributed by atoms with Crippen molar-refractivity contribution in [1.82, 2.24) is 5.32 Å². The summed E-state index contributed by atoms with van der Waals surface area (Å²) in [5.41, 5.74) is 5.73. The molecule has 4 saturated carbocycles. The molecule has 0 amide bonds. The van der Waals surface area contributed by atoms with Crippen LogP contribution in [0.1, 0.15) is 109 Å². The van der Waals surface area contributed by atoms with Crippen LogP contribution in [-0.2, 0) is 4.74 Å². The van der Waals surface area contributed by atoms with E-state index in [1.54, 1.807) is 0 Å². The molecule has 5 aliphatic rings. The quantitative estimate of drug-likeness (QED) is 0.199. The Morgan fingerprint density at radius 2 is 1.67 bits per heavy atom. The van der Waals surface area contributed by atoms with Crippen molar-refractivity contribution >= 4 is 23.1 Å². The first-order valence-electron chi connectivity index (χ1n) is 17.2. The number of nitrogens with one attached hydrogen (secondary N) is 1. The molecular weight excluding hydrogens is 550 g/mol. The maximum atomic E-state index is 12.1. The summed E-state index contributed by atoms with van der Waals surface area (Å²) in [7, 11) is 1.45. The molecule has 0 radical (unpaired) electrons. The highest BCUT2D eigenvalue weighted by atomic mass is 35.5. The summed E-state index contributed by atoms with van der Waals surface area (Å²) in [4.78, 5) is 12.1. The zero-order chi connectivity index (χ0) is 30.9. The van der Waals surface area contributed by atoms with E-state index in [4.69, 9.17) is 16.3 Å². The molecule has 0 heterocycles. The van der Waals surface area contributed by atoms with Gasteiger partial charge in [0.2, 0.25) is 0 Å². The van der Waals surface area contributed by atoms with E-state index in [2.05, 4.69) is 71.6 Å². The van der Waals surface area contributed by atoms with E-state index in [0.29, 0.717) is 45.9 Å². The Bertz CT molecular complexity index is 1280. The lowest BCUT2D eigenvalue weighted by Crippen LogP contribution is -2.66. The maximum Gasteiger partial charge on any atom is 0.337 e. The first kappa shape index (κ1) is 31.4. The molecule has 1 N–H and O–H groups in total. The Labute approximate surface area is 266 Å². The van der Waals surface area contributed by atoms with Crippen molar-refractivity contribution in [2.75, 3.05) is 19.5 Å².